The maximum Gasteiger partial charge on any atom is 0.332 e. The minimum absolute atomic E-state index is 0.121. The van der Waals surface area contributed by atoms with Crippen molar-refractivity contribution in [2.24, 2.45) is 14.1 Å². The highest BCUT2D eigenvalue weighted by atomic mass is 19.3. The van der Waals surface area contributed by atoms with Crippen LogP contribution < -0.4 is 21.5 Å². The first-order chi connectivity index (χ1) is 18.1. The van der Waals surface area contributed by atoms with Gasteiger partial charge in [0.1, 0.15) is 11.9 Å². The molecule has 1 aliphatic rings. The van der Waals surface area contributed by atoms with Gasteiger partial charge in [0.15, 0.2) is 17.0 Å². The lowest BCUT2D eigenvalue weighted by molar-refractivity contribution is -0.118. The van der Waals surface area contributed by atoms with E-state index in [1.165, 1.54) is 54.2 Å². The molecule has 1 unspecified atom stereocenters. The van der Waals surface area contributed by atoms with Gasteiger partial charge in [-0.1, -0.05) is 0 Å². The molecule has 1 fully saturated rings. The predicted octanol–water partition coefficient (Wildman–Crippen LogP) is 1.12. The summed E-state index contributed by atoms with van der Waals surface area (Å²) in [6, 6.07) is 0.648. The summed E-state index contributed by atoms with van der Waals surface area (Å²) in [4.78, 5) is 60.9. The molecular formula is C23H24F2N10O3. The van der Waals surface area contributed by atoms with Crippen LogP contribution in [0.5, 0.6) is 0 Å². The third-order valence-corrected chi connectivity index (χ3v) is 6.55. The molecule has 5 rings (SSSR count). The van der Waals surface area contributed by atoms with E-state index in [-0.39, 0.29) is 48.7 Å². The Morgan fingerprint density at radius 1 is 1.05 bits per heavy atom. The van der Waals surface area contributed by atoms with Crippen LogP contribution in [0.3, 0.4) is 0 Å². The van der Waals surface area contributed by atoms with Crippen LogP contribution in [-0.4, -0.2) is 63.5 Å². The number of piperidine rings is 1. The second-order valence-electron chi connectivity index (χ2n) is 9.08. The number of hydrogen-bond acceptors (Lipinski definition) is 9. The van der Waals surface area contributed by atoms with E-state index in [0.29, 0.717) is 11.5 Å². The van der Waals surface area contributed by atoms with Crippen molar-refractivity contribution in [1.82, 2.24) is 38.6 Å². The molecule has 198 valence electrons. The summed E-state index contributed by atoms with van der Waals surface area (Å²) in [6.45, 7) is 1.92. The Labute approximate surface area is 213 Å². The minimum atomic E-state index is -2.66. The molecule has 0 radical (unpaired) electrons. The van der Waals surface area contributed by atoms with E-state index in [0.717, 1.165) is 4.57 Å². The Morgan fingerprint density at radius 2 is 1.74 bits per heavy atom. The molecule has 15 heteroatoms. The topological polar surface area (TPSA) is 146 Å². The molecule has 4 aromatic heterocycles. The van der Waals surface area contributed by atoms with Gasteiger partial charge < -0.3 is 14.8 Å². The maximum atomic E-state index is 13.4. The number of halogens is 2. The molecule has 1 saturated heterocycles. The molecule has 1 atom stereocenters. The first-order valence-corrected chi connectivity index (χ1v) is 11.8. The van der Waals surface area contributed by atoms with Crippen LogP contribution in [0.15, 0.2) is 40.6 Å². The van der Waals surface area contributed by atoms with Crippen LogP contribution in [-0.2, 0) is 18.9 Å². The number of fused-ring (bicyclic) bond motifs is 1. The zero-order valence-corrected chi connectivity index (χ0v) is 20.8. The van der Waals surface area contributed by atoms with Gasteiger partial charge >= 0.3 is 5.69 Å². The number of carbonyl (C=O) groups is 1. The molecule has 0 saturated carbocycles. The molecule has 1 aliphatic heterocycles. The van der Waals surface area contributed by atoms with Crippen molar-refractivity contribution in [1.29, 1.82) is 0 Å². The van der Waals surface area contributed by atoms with Crippen molar-refractivity contribution < 1.29 is 13.6 Å². The van der Waals surface area contributed by atoms with Gasteiger partial charge in [-0.15, -0.1) is 0 Å². The summed E-state index contributed by atoms with van der Waals surface area (Å²) in [7, 11) is 2.85. The molecular weight excluding hydrogens is 502 g/mol. The Hall–Kier alpha value is -4.56. The van der Waals surface area contributed by atoms with Gasteiger partial charge in [-0.2, -0.15) is 0 Å². The lowest BCUT2D eigenvalue weighted by atomic mass is 10.1. The average molecular weight is 527 g/mol. The fourth-order valence-electron chi connectivity index (χ4n) is 4.22. The van der Waals surface area contributed by atoms with Gasteiger partial charge in [0.25, 0.3) is 11.5 Å². The third-order valence-electron chi connectivity index (χ3n) is 6.55. The number of rotatable bonds is 5. The first-order valence-electron chi connectivity index (χ1n) is 11.8. The van der Waals surface area contributed by atoms with Crippen molar-refractivity contribution in [3.05, 3.63) is 51.8 Å². The van der Waals surface area contributed by atoms with Crippen LogP contribution in [0.25, 0.3) is 22.6 Å². The summed E-state index contributed by atoms with van der Waals surface area (Å²) in [5, 5.41) is 2.70. The van der Waals surface area contributed by atoms with Crippen LogP contribution in [0.2, 0.25) is 0 Å². The summed E-state index contributed by atoms with van der Waals surface area (Å²) in [5.41, 5.74) is -0.316. The highest BCUT2D eigenvalue weighted by Crippen LogP contribution is 2.29. The summed E-state index contributed by atoms with van der Waals surface area (Å²) < 4.78 is 30.4. The zero-order valence-electron chi connectivity index (χ0n) is 20.8. The van der Waals surface area contributed by atoms with Crippen molar-refractivity contribution in [3.8, 4) is 11.4 Å². The number of aromatic nitrogens is 8. The van der Waals surface area contributed by atoms with E-state index >= 15 is 0 Å². The number of nitrogens with one attached hydrogen (secondary N) is 1. The van der Waals surface area contributed by atoms with E-state index in [4.69, 9.17) is 0 Å². The predicted molar refractivity (Wildman–Crippen MR) is 133 cm³/mol. The number of hydrogen-bond donors (Lipinski definition) is 1. The van der Waals surface area contributed by atoms with Gasteiger partial charge in [0, 0.05) is 58.6 Å². The van der Waals surface area contributed by atoms with Crippen LogP contribution in [0, 0.1) is 0 Å². The van der Waals surface area contributed by atoms with Gasteiger partial charge in [-0.3, -0.25) is 18.7 Å². The number of carbonyl (C=O) groups excluding carboxylic acids is 1. The molecule has 4 aromatic rings. The van der Waals surface area contributed by atoms with Gasteiger partial charge in [-0.25, -0.2) is 38.5 Å². The number of aryl methyl sites for hydroxylation is 1. The van der Waals surface area contributed by atoms with Crippen molar-refractivity contribution in [2.75, 3.05) is 23.3 Å². The molecule has 5 heterocycles. The van der Waals surface area contributed by atoms with E-state index < -0.39 is 29.1 Å². The molecule has 13 nitrogen and oxygen atoms in total. The van der Waals surface area contributed by atoms with E-state index in [1.807, 2.05) is 0 Å². The SMILES string of the molecule is CC(C(=O)Nc1ccnc(-c2cnc(N3CCC(F)(F)CC3)nc2)n1)n1cnc2c1c(=O)n(C)c(=O)n2C. The monoisotopic (exact) mass is 526 g/mol. The molecule has 1 N–H and O–H groups in total. The first kappa shape index (κ1) is 25.1. The number of anilines is 2. The second-order valence-corrected chi connectivity index (χ2v) is 9.08. The van der Waals surface area contributed by atoms with Crippen molar-refractivity contribution >= 4 is 28.8 Å². The van der Waals surface area contributed by atoms with Crippen LogP contribution in [0.4, 0.5) is 20.5 Å². The summed E-state index contributed by atoms with van der Waals surface area (Å²) in [6.07, 6.45) is 5.30. The Kier molecular flexibility index (Phi) is 6.20. The maximum absolute atomic E-state index is 13.4. The average Bonchev–Trinajstić information content (AvgIpc) is 3.36. The number of alkyl halides is 2. The second kappa shape index (κ2) is 9.39. The van der Waals surface area contributed by atoms with Crippen LogP contribution >= 0.6 is 0 Å². The number of nitrogens with zero attached hydrogens (tertiary/aromatic N) is 9. The zero-order chi connectivity index (χ0) is 27.2. The smallest absolute Gasteiger partial charge is 0.332 e. The number of amides is 1. The standard InChI is InChI=1S/C23H24F2N10O3/c1-13(35-12-29-18-16(35)20(37)33(3)22(38)32(18)2)19(36)31-15-4-7-26-17(30-15)14-10-27-21(28-11-14)34-8-5-23(24,25)6-9-34/h4,7,10-13H,5-6,8-9H2,1-3H3,(H,26,30,31,36). The highest BCUT2D eigenvalue weighted by molar-refractivity contribution is 5.93. The summed E-state index contributed by atoms with van der Waals surface area (Å²) in [5.74, 6) is -2.33. The fraction of sp³-hybridized carbons (Fsp3) is 0.391. The van der Waals surface area contributed by atoms with Gasteiger partial charge in [-0.05, 0) is 13.0 Å². The van der Waals surface area contributed by atoms with Crippen molar-refractivity contribution in [3.63, 3.8) is 0 Å². The summed E-state index contributed by atoms with van der Waals surface area (Å²) >= 11 is 0. The normalized spacial score (nSPS) is 16.0. The molecule has 0 bridgehead atoms. The van der Waals surface area contributed by atoms with E-state index in [1.54, 1.807) is 11.8 Å². The Balaban J connectivity index is 1.33. The third kappa shape index (κ3) is 4.50. The lowest BCUT2D eigenvalue weighted by Crippen LogP contribution is -2.40. The minimum Gasteiger partial charge on any atom is -0.340 e. The lowest BCUT2D eigenvalue weighted by Gasteiger charge is -2.31. The van der Waals surface area contributed by atoms with Crippen molar-refractivity contribution in [2.45, 2.75) is 31.7 Å². The fourth-order valence-corrected chi connectivity index (χ4v) is 4.22. The Bertz CT molecular complexity index is 1630. The molecule has 0 spiro atoms. The van der Waals surface area contributed by atoms with Gasteiger partial charge in [0.05, 0.1) is 11.9 Å². The number of imidazole rings is 1. The van der Waals surface area contributed by atoms with Crippen LogP contribution in [0.1, 0.15) is 25.8 Å². The quantitative estimate of drug-likeness (QED) is 0.404. The van der Waals surface area contributed by atoms with E-state index in [2.05, 4.69) is 30.2 Å². The van der Waals surface area contributed by atoms with E-state index in [9.17, 15) is 23.2 Å². The molecule has 1 amide bonds. The molecule has 0 aromatic carbocycles. The molecule has 38 heavy (non-hydrogen) atoms. The Morgan fingerprint density at radius 3 is 2.42 bits per heavy atom. The van der Waals surface area contributed by atoms with Gasteiger partial charge in [0.2, 0.25) is 11.9 Å². The largest absolute Gasteiger partial charge is 0.340 e. The highest BCUT2D eigenvalue weighted by Gasteiger charge is 2.34. The molecule has 0 aliphatic carbocycles.